The lowest BCUT2D eigenvalue weighted by Crippen LogP contribution is -2.29. The maximum Gasteiger partial charge on any atom is 0.123 e. The molecular weight excluding hydrogens is 251 g/mol. The Balaban J connectivity index is 1.60. The van der Waals surface area contributed by atoms with Gasteiger partial charge in [-0.3, -0.25) is 0 Å². The van der Waals surface area contributed by atoms with Gasteiger partial charge in [0.2, 0.25) is 0 Å². The Morgan fingerprint density at radius 1 is 1.05 bits per heavy atom. The van der Waals surface area contributed by atoms with Gasteiger partial charge in [-0.25, -0.2) is 4.39 Å². The lowest BCUT2D eigenvalue weighted by Gasteiger charge is -2.20. The van der Waals surface area contributed by atoms with Crippen LogP contribution in [0.2, 0.25) is 0 Å². The van der Waals surface area contributed by atoms with Crippen molar-refractivity contribution in [2.75, 3.05) is 0 Å². The van der Waals surface area contributed by atoms with Crippen LogP contribution >= 0.6 is 0 Å². The second-order valence-corrected chi connectivity index (χ2v) is 5.95. The van der Waals surface area contributed by atoms with Crippen molar-refractivity contribution in [2.24, 2.45) is 0 Å². The normalized spacial score (nSPS) is 18.1. The van der Waals surface area contributed by atoms with E-state index in [1.54, 1.807) is 6.07 Å². The predicted octanol–water partition coefficient (Wildman–Crippen LogP) is 4.51. The lowest BCUT2D eigenvalue weighted by molar-refractivity contribution is 0.388. The fourth-order valence-electron chi connectivity index (χ4n) is 3.17. The first-order valence-corrected chi connectivity index (χ1v) is 7.82. The summed E-state index contributed by atoms with van der Waals surface area (Å²) < 4.78 is 13.2. The quantitative estimate of drug-likeness (QED) is 0.846. The molecule has 0 radical (unpaired) electrons. The molecule has 0 saturated heterocycles. The minimum absolute atomic E-state index is 0.170. The van der Waals surface area contributed by atoms with Crippen LogP contribution in [0.15, 0.2) is 24.3 Å². The van der Waals surface area contributed by atoms with Gasteiger partial charge in [0.25, 0.3) is 0 Å². The van der Waals surface area contributed by atoms with Crippen molar-refractivity contribution in [3.8, 4) is 0 Å². The summed E-state index contributed by atoms with van der Waals surface area (Å²) in [5, 5.41) is 4.61. The topological polar surface area (TPSA) is 27.8 Å². The summed E-state index contributed by atoms with van der Waals surface area (Å²) >= 11 is 0. The Kier molecular flexibility index (Phi) is 4.36. The molecule has 1 aromatic carbocycles. The van der Waals surface area contributed by atoms with Crippen molar-refractivity contribution >= 4 is 10.9 Å². The van der Waals surface area contributed by atoms with E-state index in [0.717, 1.165) is 23.1 Å². The summed E-state index contributed by atoms with van der Waals surface area (Å²) in [7, 11) is 0. The van der Waals surface area contributed by atoms with Gasteiger partial charge >= 0.3 is 0 Å². The Morgan fingerprint density at radius 3 is 2.60 bits per heavy atom. The number of hydrogen-bond acceptors (Lipinski definition) is 1. The van der Waals surface area contributed by atoms with Crippen LogP contribution in [-0.2, 0) is 6.54 Å². The summed E-state index contributed by atoms with van der Waals surface area (Å²) in [6, 6.07) is 7.59. The van der Waals surface area contributed by atoms with Gasteiger partial charge in [-0.2, -0.15) is 0 Å². The van der Waals surface area contributed by atoms with Gasteiger partial charge in [0.1, 0.15) is 5.82 Å². The largest absolute Gasteiger partial charge is 0.357 e. The highest BCUT2D eigenvalue weighted by molar-refractivity contribution is 5.80. The number of H-pyrrole nitrogens is 1. The molecule has 0 amide bonds. The zero-order valence-electron chi connectivity index (χ0n) is 11.9. The summed E-state index contributed by atoms with van der Waals surface area (Å²) in [5.41, 5.74) is 2.16. The van der Waals surface area contributed by atoms with Gasteiger partial charge in [0.15, 0.2) is 0 Å². The van der Waals surface area contributed by atoms with Crippen molar-refractivity contribution in [1.29, 1.82) is 0 Å². The first-order chi connectivity index (χ1) is 9.81. The molecule has 2 nitrogen and oxygen atoms in total. The summed E-state index contributed by atoms with van der Waals surface area (Å²) in [5.74, 6) is -0.170. The number of halogens is 1. The van der Waals surface area contributed by atoms with Crippen LogP contribution in [-0.4, -0.2) is 11.0 Å². The van der Waals surface area contributed by atoms with E-state index < -0.39 is 0 Å². The van der Waals surface area contributed by atoms with E-state index in [1.807, 2.05) is 12.1 Å². The molecule has 1 heterocycles. The SMILES string of the molecule is Fc1ccc2[nH]c(CNC3CCCCCCC3)cc2c1. The van der Waals surface area contributed by atoms with E-state index >= 15 is 0 Å². The number of benzene rings is 1. The molecule has 2 N–H and O–H groups in total. The van der Waals surface area contributed by atoms with E-state index in [2.05, 4.69) is 10.3 Å². The fourth-order valence-corrected chi connectivity index (χ4v) is 3.17. The molecule has 1 aliphatic carbocycles. The van der Waals surface area contributed by atoms with Crippen molar-refractivity contribution in [2.45, 2.75) is 57.5 Å². The number of nitrogens with one attached hydrogen (secondary N) is 2. The third kappa shape index (κ3) is 3.40. The Labute approximate surface area is 119 Å². The van der Waals surface area contributed by atoms with E-state index in [1.165, 1.54) is 51.0 Å². The van der Waals surface area contributed by atoms with Crippen LogP contribution in [0.4, 0.5) is 4.39 Å². The van der Waals surface area contributed by atoms with Crippen molar-refractivity contribution in [1.82, 2.24) is 10.3 Å². The smallest absolute Gasteiger partial charge is 0.123 e. The average Bonchev–Trinajstić information content (AvgIpc) is 2.79. The Bertz CT molecular complexity index is 553. The highest BCUT2D eigenvalue weighted by Gasteiger charge is 2.11. The standard InChI is InChI=1S/C17H23FN2/c18-14-8-9-17-13(10-14)11-16(20-17)12-19-15-6-4-2-1-3-5-7-15/h8-11,15,19-20H,1-7,12H2. The molecule has 0 bridgehead atoms. The lowest BCUT2D eigenvalue weighted by atomic mass is 9.97. The summed E-state index contributed by atoms with van der Waals surface area (Å²) in [4.78, 5) is 3.36. The third-order valence-electron chi connectivity index (χ3n) is 4.32. The van der Waals surface area contributed by atoms with Gasteiger partial charge in [-0.15, -0.1) is 0 Å². The Morgan fingerprint density at radius 2 is 1.80 bits per heavy atom. The van der Waals surface area contributed by atoms with E-state index in [0.29, 0.717) is 6.04 Å². The minimum Gasteiger partial charge on any atom is -0.357 e. The Hall–Kier alpha value is -1.35. The average molecular weight is 274 g/mol. The monoisotopic (exact) mass is 274 g/mol. The molecule has 1 fully saturated rings. The number of aromatic nitrogens is 1. The van der Waals surface area contributed by atoms with Crippen molar-refractivity contribution < 1.29 is 4.39 Å². The fraction of sp³-hybridized carbons (Fsp3) is 0.529. The molecule has 1 aromatic heterocycles. The second-order valence-electron chi connectivity index (χ2n) is 5.95. The molecule has 0 spiro atoms. The first kappa shape index (κ1) is 13.6. The first-order valence-electron chi connectivity index (χ1n) is 7.82. The predicted molar refractivity (Wildman–Crippen MR) is 81.2 cm³/mol. The van der Waals surface area contributed by atoms with Crippen LogP contribution < -0.4 is 5.32 Å². The maximum absolute atomic E-state index is 13.2. The second kappa shape index (κ2) is 6.40. The highest BCUT2D eigenvalue weighted by atomic mass is 19.1. The van der Waals surface area contributed by atoms with Crippen LogP contribution in [0.5, 0.6) is 0 Å². The zero-order valence-corrected chi connectivity index (χ0v) is 11.9. The van der Waals surface area contributed by atoms with E-state index in [4.69, 9.17) is 0 Å². The summed E-state index contributed by atoms with van der Waals surface area (Å²) in [6.45, 7) is 0.848. The maximum atomic E-state index is 13.2. The highest BCUT2D eigenvalue weighted by Crippen LogP contribution is 2.19. The van der Waals surface area contributed by atoms with Crippen molar-refractivity contribution in [3.05, 3.63) is 35.8 Å². The molecule has 108 valence electrons. The third-order valence-corrected chi connectivity index (χ3v) is 4.32. The number of rotatable bonds is 3. The molecule has 0 aliphatic heterocycles. The molecule has 20 heavy (non-hydrogen) atoms. The van der Waals surface area contributed by atoms with Crippen LogP contribution in [0.25, 0.3) is 10.9 Å². The summed E-state index contributed by atoms with van der Waals surface area (Å²) in [6.07, 6.45) is 9.42. The van der Waals surface area contributed by atoms with Gasteiger partial charge in [-0.1, -0.05) is 32.1 Å². The molecule has 0 unspecified atom stereocenters. The molecule has 1 saturated carbocycles. The van der Waals surface area contributed by atoms with Crippen LogP contribution in [0.3, 0.4) is 0 Å². The van der Waals surface area contributed by atoms with Crippen LogP contribution in [0.1, 0.15) is 50.6 Å². The number of fused-ring (bicyclic) bond motifs is 1. The van der Waals surface area contributed by atoms with Gasteiger partial charge in [0, 0.05) is 29.2 Å². The van der Waals surface area contributed by atoms with Gasteiger partial charge in [-0.05, 0) is 37.1 Å². The zero-order chi connectivity index (χ0) is 13.8. The van der Waals surface area contributed by atoms with E-state index in [9.17, 15) is 4.39 Å². The molecule has 3 rings (SSSR count). The molecule has 3 heteroatoms. The van der Waals surface area contributed by atoms with Crippen LogP contribution in [0, 0.1) is 5.82 Å². The van der Waals surface area contributed by atoms with Crippen molar-refractivity contribution in [3.63, 3.8) is 0 Å². The van der Waals surface area contributed by atoms with Gasteiger partial charge < -0.3 is 10.3 Å². The molecule has 0 atom stereocenters. The van der Waals surface area contributed by atoms with Gasteiger partial charge in [0.05, 0.1) is 0 Å². The molecule has 1 aliphatic rings. The minimum atomic E-state index is -0.170. The number of hydrogen-bond donors (Lipinski definition) is 2. The molecule has 2 aromatic rings. The molecular formula is C17H23FN2. The number of aromatic amines is 1. The van der Waals surface area contributed by atoms with E-state index in [-0.39, 0.29) is 5.82 Å².